The first kappa shape index (κ1) is 26.2. The molecule has 1 aliphatic rings. The molecule has 0 bridgehead atoms. The van der Waals surface area contributed by atoms with Crippen molar-refractivity contribution in [3.8, 4) is 0 Å². The SMILES string of the molecule is CC/C(C)=C(/C=C(\C=C(/C)C(NC)=C1CC1)C(=O)NCCc1cnn(C)c1)C(O)c1ccccc1. The van der Waals surface area contributed by atoms with Crippen molar-refractivity contribution in [1.82, 2.24) is 20.4 Å². The topological polar surface area (TPSA) is 79.2 Å². The Morgan fingerprint density at radius 3 is 2.49 bits per heavy atom. The fourth-order valence-electron chi connectivity index (χ4n) is 4.09. The number of rotatable bonds is 11. The molecule has 0 spiro atoms. The number of likely N-dealkylation sites (N-methyl/N-ethyl adjacent to an activating group) is 1. The van der Waals surface area contributed by atoms with Crippen LogP contribution >= 0.6 is 0 Å². The third-order valence-corrected chi connectivity index (χ3v) is 6.33. The summed E-state index contributed by atoms with van der Waals surface area (Å²) in [6.45, 7) is 6.60. The van der Waals surface area contributed by atoms with Gasteiger partial charge in [-0.1, -0.05) is 42.8 Å². The molecule has 6 heteroatoms. The van der Waals surface area contributed by atoms with E-state index in [1.807, 2.05) is 82.8 Å². The quantitative estimate of drug-likeness (QED) is 0.326. The van der Waals surface area contributed by atoms with Crippen LogP contribution in [0.2, 0.25) is 0 Å². The fraction of sp³-hybridized carbons (Fsp3) is 0.379. The zero-order valence-corrected chi connectivity index (χ0v) is 21.6. The van der Waals surface area contributed by atoms with Crippen LogP contribution in [0, 0.1) is 0 Å². The smallest absolute Gasteiger partial charge is 0.251 e. The minimum Gasteiger partial charge on any atom is -0.388 e. The van der Waals surface area contributed by atoms with Crippen molar-refractivity contribution >= 4 is 5.91 Å². The summed E-state index contributed by atoms with van der Waals surface area (Å²) in [5.74, 6) is -0.161. The van der Waals surface area contributed by atoms with Crippen LogP contribution in [-0.2, 0) is 18.3 Å². The molecule has 1 unspecified atom stereocenters. The average Bonchev–Trinajstić information content (AvgIpc) is 3.61. The third-order valence-electron chi connectivity index (χ3n) is 6.33. The van der Waals surface area contributed by atoms with Crippen molar-refractivity contribution in [3.63, 3.8) is 0 Å². The molecule has 6 nitrogen and oxygen atoms in total. The monoisotopic (exact) mass is 474 g/mol. The van der Waals surface area contributed by atoms with E-state index in [0.717, 1.165) is 52.8 Å². The Kier molecular flexibility index (Phi) is 9.26. The number of benzene rings is 1. The maximum absolute atomic E-state index is 13.4. The standard InChI is InChI=1S/C29H38N4O2/c1-6-20(2)26(28(34)24-10-8-7-9-11-24)17-25(16-21(3)27(30-4)23-12-13-23)29(35)31-15-14-22-18-32-33(5)19-22/h7-11,16-19,28,30,34H,6,12-15H2,1-5H3,(H,31,35)/b21-16+,25-17+,26-20-. The second-order valence-corrected chi connectivity index (χ2v) is 9.09. The van der Waals surface area contributed by atoms with Crippen LogP contribution in [0.5, 0.6) is 0 Å². The van der Waals surface area contributed by atoms with Crippen molar-refractivity contribution in [1.29, 1.82) is 0 Å². The van der Waals surface area contributed by atoms with E-state index < -0.39 is 6.10 Å². The van der Waals surface area contributed by atoms with Gasteiger partial charge in [0.1, 0.15) is 6.10 Å². The van der Waals surface area contributed by atoms with Crippen molar-refractivity contribution in [2.75, 3.05) is 13.6 Å². The summed E-state index contributed by atoms with van der Waals surface area (Å²) >= 11 is 0. The predicted molar refractivity (Wildman–Crippen MR) is 141 cm³/mol. The second-order valence-electron chi connectivity index (χ2n) is 9.09. The van der Waals surface area contributed by atoms with Gasteiger partial charge in [0.2, 0.25) is 0 Å². The fourth-order valence-corrected chi connectivity index (χ4v) is 4.09. The Bertz CT molecular complexity index is 1150. The molecular formula is C29H38N4O2. The van der Waals surface area contributed by atoms with Crippen molar-refractivity contribution in [3.05, 3.63) is 99.6 Å². The van der Waals surface area contributed by atoms with Crippen LogP contribution in [0.3, 0.4) is 0 Å². The first-order chi connectivity index (χ1) is 16.8. The largest absolute Gasteiger partial charge is 0.388 e. The zero-order chi connectivity index (χ0) is 25.4. The summed E-state index contributed by atoms with van der Waals surface area (Å²) in [6.07, 6.45) is 10.4. The summed E-state index contributed by atoms with van der Waals surface area (Å²) in [4.78, 5) is 13.4. The van der Waals surface area contributed by atoms with Gasteiger partial charge in [-0.2, -0.15) is 5.10 Å². The number of aliphatic hydroxyl groups excluding tert-OH is 1. The average molecular weight is 475 g/mol. The van der Waals surface area contributed by atoms with Gasteiger partial charge in [-0.05, 0) is 79.5 Å². The molecule has 0 aliphatic heterocycles. The van der Waals surface area contributed by atoms with Crippen molar-refractivity contribution in [2.45, 2.75) is 52.6 Å². The maximum Gasteiger partial charge on any atom is 0.251 e. The molecule has 1 atom stereocenters. The first-order valence-corrected chi connectivity index (χ1v) is 12.3. The van der Waals surface area contributed by atoms with Crippen LogP contribution in [-0.4, -0.2) is 34.4 Å². The highest BCUT2D eigenvalue weighted by Gasteiger charge is 2.20. The summed E-state index contributed by atoms with van der Waals surface area (Å²) < 4.78 is 1.76. The first-order valence-electron chi connectivity index (χ1n) is 12.3. The predicted octanol–water partition coefficient (Wildman–Crippen LogP) is 4.68. The van der Waals surface area contributed by atoms with Crippen LogP contribution in [0.4, 0.5) is 0 Å². The van der Waals surface area contributed by atoms with Crippen molar-refractivity contribution in [2.24, 2.45) is 7.05 Å². The summed E-state index contributed by atoms with van der Waals surface area (Å²) in [5.41, 5.74) is 7.69. The molecule has 3 rings (SSSR count). The number of carbonyl (C=O) groups excluding carboxylic acids is 1. The molecule has 0 radical (unpaired) electrons. The lowest BCUT2D eigenvalue weighted by Gasteiger charge is -2.17. The lowest BCUT2D eigenvalue weighted by atomic mass is 9.93. The number of aromatic nitrogens is 2. The highest BCUT2D eigenvalue weighted by Crippen LogP contribution is 2.34. The number of aryl methyl sites for hydroxylation is 1. The van der Waals surface area contributed by atoms with Gasteiger partial charge in [0.05, 0.1) is 6.20 Å². The number of allylic oxidation sites excluding steroid dienone is 3. The van der Waals surface area contributed by atoms with E-state index in [4.69, 9.17) is 0 Å². The van der Waals surface area contributed by atoms with Gasteiger partial charge < -0.3 is 15.7 Å². The Balaban J connectivity index is 1.94. The Labute approximate surface area is 209 Å². The summed E-state index contributed by atoms with van der Waals surface area (Å²) in [5, 5.41) is 21.8. The lowest BCUT2D eigenvalue weighted by molar-refractivity contribution is -0.117. The Hall–Kier alpha value is -3.38. The van der Waals surface area contributed by atoms with Crippen LogP contribution in [0.1, 0.15) is 57.3 Å². The molecule has 1 aromatic heterocycles. The number of aliphatic hydroxyl groups is 1. The normalized spacial score (nSPS) is 15.4. The number of carbonyl (C=O) groups is 1. The summed E-state index contributed by atoms with van der Waals surface area (Å²) in [6, 6.07) is 9.58. The molecular weight excluding hydrogens is 436 g/mol. The van der Waals surface area contributed by atoms with Crippen LogP contribution in [0.25, 0.3) is 0 Å². The van der Waals surface area contributed by atoms with Crippen LogP contribution in [0.15, 0.2) is 88.4 Å². The molecule has 186 valence electrons. The molecule has 3 N–H and O–H groups in total. The highest BCUT2D eigenvalue weighted by molar-refractivity contribution is 5.97. The number of nitrogens with one attached hydrogen (secondary N) is 2. The minimum atomic E-state index is -0.811. The van der Waals surface area contributed by atoms with Gasteiger partial charge in [0, 0.05) is 38.1 Å². The van der Waals surface area contributed by atoms with Crippen LogP contribution < -0.4 is 10.6 Å². The highest BCUT2D eigenvalue weighted by atomic mass is 16.3. The molecule has 1 amide bonds. The molecule has 2 aromatic rings. The Morgan fingerprint density at radius 2 is 1.91 bits per heavy atom. The van der Waals surface area contributed by atoms with Gasteiger partial charge in [-0.3, -0.25) is 9.48 Å². The van der Waals surface area contributed by atoms with E-state index in [1.54, 1.807) is 4.68 Å². The minimum absolute atomic E-state index is 0.161. The van der Waals surface area contributed by atoms with E-state index in [1.165, 1.54) is 5.57 Å². The molecule has 35 heavy (non-hydrogen) atoms. The number of hydrogen-bond acceptors (Lipinski definition) is 4. The molecule has 1 fully saturated rings. The molecule has 1 aliphatic carbocycles. The maximum atomic E-state index is 13.4. The van der Waals surface area contributed by atoms with E-state index in [2.05, 4.69) is 22.7 Å². The number of nitrogens with zero attached hydrogens (tertiary/aromatic N) is 2. The Morgan fingerprint density at radius 1 is 1.20 bits per heavy atom. The van der Waals surface area contributed by atoms with Gasteiger partial charge in [0.15, 0.2) is 0 Å². The molecule has 1 saturated carbocycles. The molecule has 0 saturated heterocycles. The van der Waals surface area contributed by atoms with Crippen molar-refractivity contribution < 1.29 is 9.90 Å². The lowest BCUT2D eigenvalue weighted by Crippen LogP contribution is -2.27. The second kappa shape index (κ2) is 12.4. The number of hydrogen-bond donors (Lipinski definition) is 3. The van der Waals surface area contributed by atoms with E-state index in [-0.39, 0.29) is 5.91 Å². The molecule has 1 aromatic carbocycles. The van der Waals surface area contributed by atoms with E-state index in [9.17, 15) is 9.90 Å². The van der Waals surface area contributed by atoms with Gasteiger partial charge in [-0.15, -0.1) is 0 Å². The third kappa shape index (κ3) is 7.30. The van der Waals surface area contributed by atoms with Gasteiger partial charge in [-0.25, -0.2) is 0 Å². The van der Waals surface area contributed by atoms with E-state index in [0.29, 0.717) is 18.5 Å². The number of amides is 1. The van der Waals surface area contributed by atoms with E-state index >= 15 is 0 Å². The van der Waals surface area contributed by atoms with Gasteiger partial charge >= 0.3 is 0 Å². The molecule has 1 heterocycles. The zero-order valence-electron chi connectivity index (χ0n) is 21.6. The van der Waals surface area contributed by atoms with Gasteiger partial charge in [0.25, 0.3) is 5.91 Å². The summed E-state index contributed by atoms with van der Waals surface area (Å²) in [7, 11) is 3.80.